The molecule has 0 heterocycles. The van der Waals surface area contributed by atoms with Crippen molar-refractivity contribution < 1.29 is 4.79 Å². The summed E-state index contributed by atoms with van der Waals surface area (Å²) in [5, 5.41) is -0.613. The standard InChI is InChI=1S/C10H11Cl2NO/c1-6(14)10(12)7-2-3-9(13)8(4-7)5-11/h2-4,10H,5,13H2,1H3. The molecule has 14 heavy (non-hydrogen) atoms. The fraction of sp³-hybridized carbons (Fsp3) is 0.300. The largest absolute Gasteiger partial charge is 0.398 e. The van der Waals surface area contributed by atoms with Gasteiger partial charge in [0.25, 0.3) is 0 Å². The lowest BCUT2D eigenvalue weighted by Gasteiger charge is -2.09. The molecule has 0 saturated carbocycles. The minimum atomic E-state index is -0.613. The molecule has 1 atom stereocenters. The van der Waals surface area contributed by atoms with Crippen LogP contribution in [0.3, 0.4) is 0 Å². The van der Waals surface area contributed by atoms with E-state index in [-0.39, 0.29) is 5.78 Å². The second kappa shape index (κ2) is 4.67. The molecule has 0 bridgehead atoms. The number of hydrogen-bond donors (Lipinski definition) is 1. The Bertz CT molecular complexity index is 352. The molecule has 0 aliphatic rings. The Hall–Kier alpha value is -0.730. The number of alkyl halides is 2. The van der Waals surface area contributed by atoms with Gasteiger partial charge in [0, 0.05) is 11.6 Å². The highest BCUT2D eigenvalue weighted by Gasteiger charge is 2.13. The quantitative estimate of drug-likeness (QED) is 0.643. The fourth-order valence-corrected chi connectivity index (χ4v) is 1.50. The molecule has 2 nitrogen and oxygen atoms in total. The SMILES string of the molecule is CC(=O)C(Cl)c1ccc(N)c(CCl)c1. The first-order chi connectivity index (χ1) is 6.56. The van der Waals surface area contributed by atoms with Gasteiger partial charge >= 0.3 is 0 Å². The zero-order valence-corrected chi connectivity index (χ0v) is 9.27. The van der Waals surface area contributed by atoms with Crippen molar-refractivity contribution in [3.05, 3.63) is 29.3 Å². The van der Waals surface area contributed by atoms with Gasteiger partial charge in [-0.25, -0.2) is 0 Å². The maximum atomic E-state index is 11.0. The second-order valence-electron chi connectivity index (χ2n) is 3.07. The van der Waals surface area contributed by atoms with E-state index in [2.05, 4.69) is 0 Å². The molecule has 0 amide bonds. The Morgan fingerprint density at radius 1 is 1.57 bits per heavy atom. The van der Waals surface area contributed by atoms with Crippen LogP contribution in [-0.2, 0) is 10.7 Å². The number of halogens is 2. The summed E-state index contributed by atoms with van der Waals surface area (Å²) in [7, 11) is 0. The van der Waals surface area contributed by atoms with Crippen LogP contribution in [0.25, 0.3) is 0 Å². The number of anilines is 1. The summed E-state index contributed by atoms with van der Waals surface area (Å²) < 4.78 is 0. The molecule has 0 radical (unpaired) electrons. The third kappa shape index (κ3) is 2.40. The van der Waals surface area contributed by atoms with Crippen molar-refractivity contribution in [2.75, 3.05) is 5.73 Å². The maximum absolute atomic E-state index is 11.0. The highest BCUT2D eigenvalue weighted by molar-refractivity contribution is 6.30. The normalized spacial score (nSPS) is 12.5. The van der Waals surface area contributed by atoms with E-state index in [9.17, 15) is 4.79 Å². The van der Waals surface area contributed by atoms with Crippen molar-refractivity contribution in [3.63, 3.8) is 0 Å². The number of carbonyl (C=O) groups is 1. The minimum absolute atomic E-state index is 0.0861. The van der Waals surface area contributed by atoms with Crippen molar-refractivity contribution in [1.82, 2.24) is 0 Å². The summed E-state index contributed by atoms with van der Waals surface area (Å²) in [5.41, 5.74) is 7.83. The zero-order chi connectivity index (χ0) is 10.7. The highest BCUT2D eigenvalue weighted by Crippen LogP contribution is 2.25. The molecule has 1 rings (SSSR count). The van der Waals surface area contributed by atoms with Gasteiger partial charge in [-0.2, -0.15) is 0 Å². The third-order valence-corrected chi connectivity index (χ3v) is 2.81. The second-order valence-corrected chi connectivity index (χ2v) is 3.77. The Labute approximate surface area is 93.0 Å². The molecule has 0 spiro atoms. The number of nitrogens with two attached hydrogens (primary N) is 1. The molecular formula is C10H11Cl2NO. The molecule has 1 unspecified atom stereocenters. The van der Waals surface area contributed by atoms with Gasteiger partial charge < -0.3 is 5.73 Å². The van der Waals surface area contributed by atoms with Gasteiger partial charge in [-0.05, 0) is 24.1 Å². The number of Topliss-reactive ketones (excluding diaryl/α,β-unsaturated/α-hetero) is 1. The van der Waals surface area contributed by atoms with Crippen molar-refractivity contribution in [1.29, 1.82) is 0 Å². The summed E-state index contributed by atoms with van der Waals surface area (Å²) in [6, 6.07) is 5.22. The summed E-state index contributed by atoms with van der Waals surface area (Å²) in [5.74, 6) is 0.234. The van der Waals surface area contributed by atoms with E-state index in [1.165, 1.54) is 6.92 Å². The van der Waals surface area contributed by atoms with Crippen LogP contribution in [0.4, 0.5) is 5.69 Å². The number of rotatable bonds is 3. The van der Waals surface area contributed by atoms with Crippen LogP contribution < -0.4 is 5.73 Å². The topological polar surface area (TPSA) is 43.1 Å². The van der Waals surface area contributed by atoms with E-state index < -0.39 is 5.38 Å². The number of carbonyl (C=O) groups excluding carboxylic acids is 1. The number of hydrogen-bond acceptors (Lipinski definition) is 2. The van der Waals surface area contributed by atoms with E-state index in [0.717, 1.165) is 11.1 Å². The molecular weight excluding hydrogens is 221 g/mol. The smallest absolute Gasteiger partial charge is 0.152 e. The Kier molecular flexibility index (Phi) is 3.78. The Morgan fingerprint density at radius 2 is 2.21 bits per heavy atom. The number of nitrogen functional groups attached to an aromatic ring is 1. The van der Waals surface area contributed by atoms with E-state index >= 15 is 0 Å². The number of benzene rings is 1. The van der Waals surface area contributed by atoms with Crippen molar-refractivity contribution in [2.45, 2.75) is 18.2 Å². The number of ketones is 1. The predicted molar refractivity (Wildman–Crippen MR) is 59.7 cm³/mol. The molecule has 0 aliphatic carbocycles. The zero-order valence-electron chi connectivity index (χ0n) is 7.76. The molecule has 1 aromatic rings. The van der Waals surface area contributed by atoms with Crippen LogP contribution in [0.5, 0.6) is 0 Å². The molecule has 2 N–H and O–H groups in total. The van der Waals surface area contributed by atoms with Crippen LogP contribution in [-0.4, -0.2) is 5.78 Å². The van der Waals surface area contributed by atoms with E-state index in [1.54, 1.807) is 18.2 Å². The monoisotopic (exact) mass is 231 g/mol. The average Bonchev–Trinajstić information content (AvgIpc) is 2.17. The first kappa shape index (κ1) is 11.3. The van der Waals surface area contributed by atoms with E-state index in [1.807, 2.05) is 0 Å². The highest BCUT2D eigenvalue weighted by atomic mass is 35.5. The fourth-order valence-electron chi connectivity index (χ4n) is 1.13. The molecule has 1 aromatic carbocycles. The molecule has 0 fully saturated rings. The van der Waals surface area contributed by atoms with Gasteiger partial charge in [-0.15, -0.1) is 23.2 Å². The van der Waals surface area contributed by atoms with Gasteiger partial charge in [0.15, 0.2) is 5.78 Å². The van der Waals surface area contributed by atoms with Gasteiger partial charge in [0.1, 0.15) is 5.38 Å². The Balaban J connectivity index is 3.06. The average molecular weight is 232 g/mol. The molecule has 76 valence electrons. The Morgan fingerprint density at radius 3 is 2.71 bits per heavy atom. The van der Waals surface area contributed by atoms with Crippen molar-refractivity contribution in [2.24, 2.45) is 0 Å². The van der Waals surface area contributed by atoms with Crippen LogP contribution in [0.15, 0.2) is 18.2 Å². The molecule has 0 aromatic heterocycles. The first-order valence-electron chi connectivity index (χ1n) is 4.15. The molecule has 4 heteroatoms. The van der Waals surface area contributed by atoms with Crippen molar-refractivity contribution in [3.8, 4) is 0 Å². The van der Waals surface area contributed by atoms with E-state index in [0.29, 0.717) is 11.6 Å². The van der Waals surface area contributed by atoms with Crippen LogP contribution >= 0.6 is 23.2 Å². The van der Waals surface area contributed by atoms with Gasteiger partial charge in [-0.1, -0.05) is 12.1 Å². The van der Waals surface area contributed by atoms with Crippen LogP contribution in [0.2, 0.25) is 0 Å². The van der Waals surface area contributed by atoms with Gasteiger partial charge in [-0.3, -0.25) is 4.79 Å². The summed E-state index contributed by atoms with van der Waals surface area (Å²) in [4.78, 5) is 11.0. The van der Waals surface area contributed by atoms with Crippen LogP contribution in [0, 0.1) is 0 Å². The lowest BCUT2D eigenvalue weighted by Crippen LogP contribution is -2.03. The summed E-state index contributed by atoms with van der Waals surface area (Å²) in [6.07, 6.45) is 0. The molecule has 0 saturated heterocycles. The predicted octanol–water partition coefficient (Wildman–Crippen LogP) is 2.88. The molecule has 0 aliphatic heterocycles. The van der Waals surface area contributed by atoms with Gasteiger partial charge in [0.05, 0.1) is 0 Å². The first-order valence-corrected chi connectivity index (χ1v) is 5.12. The summed E-state index contributed by atoms with van der Waals surface area (Å²) in [6.45, 7) is 1.45. The van der Waals surface area contributed by atoms with Crippen molar-refractivity contribution >= 4 is 34.7 Å². The van der Waals surface area contributed by atoms with E-state index in [4.69, 9.17) is 28.9 Å². The van der Waals surface area contributed by atoms with Crippen LogP contribution in [0.1, 0.15) is 23.4 Å². The lowest BCUT2D eigenvalue weighted by atomic mass is 10.1. The third-order valence-electron chi connectivity index (χ3n) is 1.96. The minimum Gasteiger partial charge on any atom is -0.398 e. The lowest BCUT2D eigenvalue weighted by molar-refractivity contribution is -0.116. The van der Waals surface area contributed by atoms with Gasteiger partial charge in [0.2, 0.25) is 0 Å². The summed E-state index contributed by atoms with van der Waals surface area (Å²) >= 11 is 11.6. The maximum Gasteiger partial charge on any atom is 0.152 e.